The average Bonchev–Trinajstić information content (AvgIpc) is 3.53. The fourth-order valence-electron chi connectivity index (χ4n) is 4.60. The minimum atomic E-state index is -0.760. The molecule has 2 heterocycles. The highest BCUT2D eigenvalue weighted by atomic mass is 16.2. The Morgan fingerprint density at radius 3 is 2.36 bits per heavy atom. The number of carbonyl (C=O) groups excluding carboxylic acids is 3. The number of hydrogen-bond donors (Lipinski definition) is 2. The van der Waals surface area contributed by atoms with Crippen molar-refractivity contribution in [3.8, 4) is 16.9 Å². The summed E-state index contributed by atoms with van der Waals surface area (Å²) >= 11 is 0. The van der Waals surface area contributed by atoms with Crippen LogP contribution in [0.5, 0.6) is 0 Å². The summed E-state index contributed by atoms with van der Waals surface area (Å²) in [6, 6.07) is 20.7. The predicted octanol–water partition coefficient (Wildman–Crippen LogP) is 3.73. The van der Waals surface area contributed by atoms with E-state index in [0.29, 0.717) is 18.7 Å². The molecule has 2 N–H and O–H groups in total. The van der Waals surface area contributed by atoms with Crippen molar-refractivity contribution in [1.29, 1.82) is 0 Å². The molecule has 2 aliphatic rings. The van der Waals surface area contributed by atoms with E-state index in [1.807, 2.05) is 66.7 Å². The zero-order chi connectivity index (χ0) is 22.8. The summed E-state index contributed by atoms with van der Waals surface area (Å²) in [5.41, 5.74) is 1.72. The van der Waals surface area contributed by atoms with Crippen molar-refractivity contribution < 1.29 is 14.4 Å². The number of nitrogens with zero attached hydrogens (tertiary/aromatic N) is 3. The van der Waals surface area contributed by atoms with Crippen LogP contribution in [-0.4, -0.2) is 44.6 Å². The summed E-state index contributed by atoms with van der Waals surface area (Å²) in [4.78, 5) is 39.1. The van der Waals surface area contributed by atoms with Crippen LogP contribution in [0.15, 0.2) is 66.7 Å². The molecule has 1 saturated carbocycles. The molecule has 0 bridgehead atoms. The number of nitrogens with one attached hydrogen (secondary N) is 2. The van der Waals surface area contributed by atoms with E-state index < -0.39 is 11.6 Å². The number of hydrogen-bond acceptors (Lipinski definition) is 4. The summed E-state index contributed by atoms with van der Waals surface area (Å²) in [5.74, 6) is 0.0210. The minimum absolute atomic E-state index is 0.00980. The van der Waals surface area contributed by atoms with Crippen LogP contribution < -0.4 is 10.6 Å². The SMILES string of the molecule is O=C(CCN1C(=O)NC2(CCCC2)C1=O)Nc1cc(-c2ccccc2)nn1-c1ccccc1. The average molecular weight is 444 g/mol. The lowest BCUT2D eigenvalue weighted by atomic mass is 9.98. The second-order valence-electron chi connectivity index (χ2n) is 8.50. The lowest BCUT2D eigenvalue weighted by Crippen LogP contribution is -2.44. The Morgan fingerprint density at radius 1 is 1.00 bits per heavy atom. The molecular formula is C25H25N5O3. The van der Waals surface area contributed by atoms with Crippen molar-refractivity contribution in [2.75, 3.05) is 11.9 Å². The van der Waals surface area contributed by atoms with Gasteiger partial charge >= 0.3 is 6.03 Å². The highest BCUT2D eigenvalue weighted by molar-refractivity contribution is 6.07. The van der Waals surface area contributed by atoms with Crippen molar-refractivity contribution in [3.63, 3.8) is 0 Å². The predicted molar refractivity (Wildman–Crippen MR) is 124 cm³/mol. The Kier molecular flexibility index (Phi) is 5.42. The van der Waals surface area contributed by atoms with Crippen LogP contribution in [-0.2, 0) is 9.59 Å². The molecule has 0 unspecified atom stereocenters. The molecule has 3 aromatic rings. The summed E-state index contributed by atoms with van der Waals surface area (Å²) in [6.45, 7) is 0.0449. The smallest absolute Gasteiger partial charge is 0.323 e. The number of imide groups is 1. The fourth-order valence-corrected chi connectivity index (χ4v) is 4.60. The van der Waals surface area contributed by atoms with Gasteiger partial charge in [-0.25, -0.2) is 9.48 Å². The van der Waals surface area contributed by atoms with Gasteiger partial charge in [0.05, 0.1) is 11.4 Å². The van der Waals surface area contributed by atoms with E-state index in [9.17, 15) is 14.4 Å². The summed E-state index contributed by atoms with van der Waals surface area (Å²) in [7, 11) is 0. The Bertz CT molecular complexity index is 1180. The fraction of sp³-hybridized carbons (Fsp3) is 0.280. The first-order valence-electron chi connectivity index (χ1n) is 11.2. The van der Waals surface area contributed by atoms with E-state index in [2.05, 4.69) is 15.7 Å². The van der Waals surface area contributed by atoms with Crippen LogP contribution >= 0.6 is 0 Å². The van der Waals surface area contributed by atoms with Crippen LogP contribution in [0.3, 0.4) is 0 Å². The van der Waals surface area contributed by atoms with Gasteiger partial charge in [0, 0.05) is 24.6 Å². The second-order valence-corrected chi connectivity index (χ2v) is 8.50. The molecule has 2 aromatic carbocycles. The van der Waals surface area contributed by atoms with Gasteiger partial charge in [-0.05, 0) is 25.0 Å². The molecule has 0 atom stereocenters. The molecule has 1 aliphatic carbocycles. The maximum absolute atomic E-state index is 12.8. The first kappa shape index (κ1) is 20.9. The minimum Gasteiger partial charge on any atom is -0.323 e. The van der Waals surface area contributed by atoms with E-state index in [-0.39, 0.29) is 24.8 Å². The largest absolute Gasteiger partial charge is 0.325 e. The Morgan fingerprint density at radius 2 is 1.67 bits per heavy atom. The van der Waals surface area contributed by atoms with E-state index in [1.54, 1.807) is 4.68 Å². The van der Waals surface area contributed by atoms with E-state index in [0.717, 1.165) is 29.8 Å². The van der Waals surface area contributed by atoms with Gasteiger partial charge in [-0.2, -0.15) is 5.10 Å². The van der Waals surface area contributed by atoms with Gasteiger partial charge in [0.2, 0.25) is 5.91 Å². The first-order valence-corrected chi connectivity index (χ1v) is 11.2. The van der Waals surface area contributed by atoms with Crippen LogP contribution in [0.2, 0.25) is 0 Å². The molecule has 8 heteroatoms. The molecule has 1 aromatic heterocycles. The third-order valence-electron chi connectivity index (χ3n) is 6.31. The van der Waals surface area contributed by atoms with Gasteiger partial charge in [0.15, 0.2) is 0 Å². The van der Waals surface area contributed by atoms with E-state index >= 15 is 0 Å². The quantitative estimate of drug-likeness (QED) is 0.568. The maximum atomic E-state index is 12.8. The van der Waals surface area contributed by atoms with Crippen LogP contribution in [0.4, 0.5) is 10.6 Å². The second kappa shape index (κ2) is 8.54. The molecular weight excluding hydrogens is 418 g/mol. The Balaban J connectivity index is 1.32. The zero-order valence-electron chi connectivity index (χ0n) is 18.2. The number of aromatic nitrogens is 2. The van der Waals surface area contributed by atoms with E-state index in [1.165, 1.54) is 4.90 Å². The van der Waals surface area contributed by atoms with Crippen LogP contribution in [0, 0.1) is 0 Å². The lowest BCUT2D eigenvalue weighted by molar-refractivity contribution is -0.131. The van der Waals surface area contributed by atoms with Gasteiger partial charge in [-0.3, -0.25) is 14.5 Å². The third kappa shape index (κ3) is 4.00. The first-order chi connectivity index (χ1) is 16.1. The molecule has 1 saturated heterocycles. The van der Waals surface area contributed by atoms with Gasteiger partial charge in [-0.1, -0.05) is 61.4 Å². The summed E-state index contributed by atoms with van der Waals surface area (Å²) < 4.78 is 1.68. The number of anilines is 1. The maximum Gasteiger partial charge on any atom is 0.325 e. The number of carbonyl (C=O) groups is 3. The van der Waals surface area contributed by atoms with Gasteiger partial charge in [0.1, 0.15) is 11.4 Å². The summed E-state index contributed by atoms with van der Waals surface area (Å²) in [6.07, 6.45) is 3.19. The molecule has 168 valence electrons. The highest BCUT2D eigenvalue weighted by Crippen LogP contribution is 2.35. The highest BCUT2D eigenvalue weighted by Gasteiger charge is 2.52. The van der Waals surface area contributed by atoms with Crippen LogP contribution in [0.25, 0.3) is 16.9 Å². The number of benzene rings is 2. The van der Waals surface area contributed by atoms with Gasteiger partial charge in [0.25, 0.3) is 5.91 Å². The van der Waals surface area contributed by atoms with Crippen molar-refractivity contribution in [1.82, 2.24) is 20.0 Å². The van der Waals surface area contributed by atoms with Crippen molar-refractivity contribution in [3.05, 3.63) is 66.7 Å². The van der Waals surface area contributed by atoms with Gasteiger partial charge < -0.3 is 10.6 Å². The third-order valence-corrected chi connectivity index (χ3v) is 6.31. The number of urea groups is 1. The number of amides is 4. The Hall–Kier alpha value is -3.94. The van der Waals surface area contributed by atoms with Crippen molar-refractivity contribution in [2.45, 2.75) is 37.6 Å². The molecule has 8 nitrogen and oxygen atoms in total. The van der Waals surface area contributed by atoms with Gasteiger partial charge in [-0.15, -0.1) is 0 Å². The number of rotatable bonds is 6. The van der Waals surface area contributed by atoms with E-state index in [4.69, 9.17) is 0 Å². The molecule has 1 aliphatic heterocycles. The normalized spacial score (nSPS) is 16.9. The number of para-hydroxylation sites is 1. The molecule has 2 fully saturated rings. The monoisotopic (exact) mass is 443 g/mol. The topological polar surface area (TPSA) is 96.3 Å². The van der Waals surface area contributed by atoms with Crippen molar-refractivity contribution in [2.24, 2.45) is 0 Å². The lowest BCUT2D eigenvalue weighted by Gasteiger charge is -2.19. The van der Waals surface area contributed by atoms with Crippen LogP contribution in [0.1, 0.15) is 32.1 Å². The zero-order valence-corrected chi connectivity index (χ0v) is 18.2. The molecule has 1 spiro atoms. The standard InChI is InChI=1S/C25H25N5O3/c31-22(13-16-29-23(32)25(27-24(29)33)14-7-8-15-25)26-21-17-20(18-9-3-1-4-10-18)28-30(21)19-11-5-2-6-12-19/h1-6,9-12,17H,7-8,13-16H2,(H,26,31)(H,27,33). The molecule has 4 amide bonds. The Labute approximate surface area is 191 Å². The molecule has 5 rings (SSSR count). The summed E-state index contributed by atoms with van der Waals surface area (Å²) in [5, 5.41) is 10.4. The molecule has 33 heavy (non-hydrogen) atoms. The van der Waals surface area contributed by atoms with Crippen molar-refractivity contribution >= 4 is 23.7 Å². The molecule has 0 radical (unpaired) electrons.